The van der Waals surface area contributed by atoms with Gasteiger partial charge in [-0.25, -0.2) is 16.5 Å². The third kappa shape index (κ3) is 2.84. The smallest absolute Gasteiger partial charge is 0.302 e. The second kappa shape index (κ2) is 6.24. The Morgan fingerprint density at radius 1 is 1.83 bits per heavy atom. The van der Waals surface area contributed by atoms with E-state index in [4.69, 9.17) is 21.7 Å². The highest BCUT2D eigenvalue weighted by Gasteiger charge is 2.33. The summed E-state index contributed by atoms with van der Waals surface area (Å²) in [5.41, 5.74) is -0.0199. The molecule has 0 unspecified atom stereocenters. The molecule has 0 aliphatic carbocycles. The number of piperidine rings is 1. The van der Waals surface area contributed by atoms with E-state index >= 15 is 0 Å². The molecule has 1 fully saturated rings. The van der Waals surface area contributed by atoms with Crippen LogP contribution in [0.3, 0.4) is 0 Å². The summed E-state index contributed by atoms with van der Waals surface area (Å²) < 4.78 is 90.3. The molecule has 0 bridgehead atoms. The van der Waals surface area contributed by atoms with Gasteiger partial charge >= 0.3 is 5.91 Å². The van der Waals surface area contributed by atoms with Crippen LogP contribution < -0.4 is 4.90 Å². The van der Waals surface area contributed by atoms with E-state index in [1.54, 1.807) is 0 Å². The summed E-state index contributed by atoms with van der Waals surface area (Å²) in [6.45, 7) is -3.61. The molecule has 3 rings (SSSR count). The van der Waals surface area contributed by atoms with E-state index in [2.05, 4.69) is 19.8 Å². The maximum Gasteiger partial charge on any atom is 0.302 e. The van der Waals surface area contributed by atoms with E-state index in [0.717, 1.165) is 7.05 Å². The molecule has 0 aromatic carbocycles. The summed E-state index contributed by atoms with van der Waals surface area (Å²) >= 11 is 0. The van der Waals surface area contributed by atoms with Crippen molar-refractivity contribution in [3.63, 3.8) is 0 Å². The van der Waals surface area contributed by atoms with Crippen LogP contribution in [0.15, 0.2) is 18.5 Å². The molecule has 2 atom stereocenters. The molecule has 0 radical (unpaired) electrons. The number of carbonyl (C=O) groups is 1. The van der Waals surface area contributed by atoms with Crippen molar-refractivity contribution >= 4 is 22.8 Å². The zero-order valence-electron chi connectivity index (χ0n) is 23.1. The Morgan fingerprint density at radius 2 is 2.70 bits per heavy atom. The predicted octanol–water partition coefficient (Wildman–Crippen LogP) is 1.55. The number of nitrogens with one attached hydrogen (secondary N) is 1. The minimum absolute atomic E-state index is 0.0199. The number of amides is 1. The van der Waals surface area contributed by atoms with Gasteiger partial charge in [0.15, 0.2) is 0 Å². The van der Waals surface area contributed by atoms with Crippen molar-refractivity contribution in [2.24, 2.45) is 5.89 Å². The number of carbonyl (C=O) groups excluding carboxylic acids is 1. The number of aromatic nitrogens is 3. The fraction of sp³-hybridized carbons (Fsp3) is 0.500. The summed E-state index contributed by atoms with van der Waals surface area (Å²) in [6, 6.07) is -3.38. The Hall–Kier alpha value is -2.62. The molecule has 7 heteroatoms. The van der Waals surface area contributed by atoms with Gasteiger partial charge in [-0.15, -0.1) is 0 Å². The van der Waals surface area contributed by atoms with Crippen molar-refractivity contribution in [2.75, 3.05) is 31.5 Å². The van der Waals surface area contributed by atoms with Crippen molar-refractivity contribution < 1.29 is 19.9 Å². The number of hydrogen-bond donors (Lipinski definition) is 1. The van der Waals surface area contributed by atoms with Gasteiger partial charge in [0.1, 0.15) is 21.9 Å². The van der Waals surface area contributed by atoms with Crippen LogP contribution >= 0.6 is 0 Å². The van der Waals surface area contributed by atoms with Gasteiger partial charge in [0.05, 0.1) is 16.9 Å². The summed E-state index contributed by atoms with van der Waals surface area (Å²) in [5.74, 6) is -4.91. The number of H-pyrrole nitrogens is 1. The molecular formula is C16H20N6O. The Morgan fingerprint density at radius 3 is 3.48 bits per heavy atom. The Labute approximate surface area is 150 Å². The highest BCUT2D eigenvalue weighted by atomic mass is 16.2. The fourth-order valence-corrected chi connectivity index (χ4v) is 2.23. The molecule has 7 nitrogen and oxygen atoms in total. The zero-order valence-corrected chi connectivity index (χ0v) is 12.1. The first kappa shape index (κ1) is 6.87. The lowest BCUT2D eigenvalue weighted by Crippen LogP contribution is -2.53. The van der Waals surface area contributed by atoms with Crippen molar-refractivity contribution in [2.45, 2.75) is 19.3 Å². The topological polar surface area (TPSA) is 69.5 Å². The van der Waals surface area contributed by atoms with Crippen LogP contribution in [0.2, 0.25) is 0 Å². The minimum Gasteiger partial charge on any atom is -0.354 e. The highest BCUT2D eigenvalue weighted by Crippen LogP contribution is 2.28. The van der Waals surface area contributed by atoms with Gasteiger partial charge in [-0.05, 0) is 18.4 Å². The molecule has 1 N–H and O–H groups in total. The van der Waals surface area contributed by atoms with Crippen LogP contribution in [0.4, 0.5) is 5.82 Å². The third-order valence-corrected chi connectivity index (χ3v) is 3.37. The quantitative estimate of drug-likeness (QED) is 0.870. The second-order valence-corrected chi connectivity index (χ2v) is 4.73. The average Bonchev–Trinajstić information content (AvgIpc) is 3.10. The lowest BCUT2D eigenvalue weighted by atomic mass is 9.92. The van der Waals surface area contributed by atoms with E-state index in [1.807, 2.05) is 0 Å². The first-order valence-corrected chi connectivity index (χ1v) is 6.63. The third-order valence-electron chi connectivity index (χ3n) is 3.37. The van der Waals surface area contributed by atoms with Crippen molar-refractivity contribution in [1.82, 2.24) is 19.9 Å². The number of hydrogen-bond acceptors (Lipinski definition) is 4. The Bertz CT molecular complexity index is 1190. The molecule has 1 aliphatic rings. The number of anilines is 1. The van der Waals surface area contributed by atoms with Crippen LogP contribution in [0.5, 0.6) is 0 Å². The van der Waals surface area contributed by atoms with Gasteiger partial charge in [-0.1, -0.05) is 6.85 Å². The average molecular weight is 323 g/mol. The van der Waals surface area contributed by atoms with Gasteiger partial charge in [-0.3, -0.25) is 4.79 Å². The van der Waals surface area contributed by atoms with Crippen LogP contribution in [0.1, 0.15) is 28.4 Å². The SMILES string of the molecule is [2H]c1nc(N(C)[C@@]2([2H])C([2H])([2H])N(C(=O)C([2H])([2H])[N+]#[C-])CC[C@@]2([2H])C([2H])([2H])[2H])c2c([2H])c[nH]c2n1. The first-order valence-electron chi connectivity index (χ1n) is 12.1. The Balaban J connectivity index is 2.33. The highest BCUT2D eigenvalue weighted by molar-refractivity contribution is 5.87. The molecule has 23 heavy (non-hydrogen) atoms. The van der Waals surface area contributed by atoms with Crippen LogP contribution in [0, 0.1) is 12.5 Å². The lowest BCUT2D eigenvalue weighted by Gasteiger charge is -2.41. The number of fused-ring (bicyclic) bond motifs is 1. The maximum atomic E-state index is 12.8. The van der Waals surface area contributed by atoms with Gasteiger partial charge in [0, 0.05) is 31.8 Å². The normalized spacial score (nSPS) is 37.9. The van der Waals surface area contributed by atoms with E-state index in [0.29, 0.717) is 4.90 Å². The van der Waals surface area contributed by atoms with E-state index in [9.17, 15) is 4.79 Å². The van der Waals surface area contributed by atoms with Crippen LogP contribution in [-0.4, -0.2) is 58.4 Å². The minimum atomic E-state index is -3.34. The summed E-state index contributed by atoms with van der Waals surface area (Å²) in [4.78, 5) is 26.6. The van der Waals surface area contributed by atoms with Crippen LogP contribution in [0.25, 0.3) is 15.9 Å². The molecule has 2 aromatic rings. The van der Waals surface area contributed by atoms with E-state index < -0.39 is 62.8 Å². The molecule has 1 amide bonds. The van der Waals surface area contributed by atoms with Gasteiger partial charge in [0.25, 0.3) is 6.50 Å². The van der Waals surface area contributed by atoms with Crippen molar-refractivity contribution in [1.29, 1.82) is 0 Å². The molecule has 1 saturated heterocycles. The molecule has 0 saturated carbocycles. The molecule has 2 aromatic heterocycles. The summed E-state index contributed by atoms with van der Waals surface area (Å²) in [6.07, 6.45) is -0.169. The van der Waals surface area contributed by atoms with E-state index in [-0.39, 0.29) is 22.0 Å². The van der Waals surface area contributed by atoms with Crippen molar-refractivity contribution in [3.8, 4) is 0 Å². The Kier molecular flexibility index (Phi) is 1.87. The standard InChI is InChI=1S/C16H20N6O/c1-11-5-7-22(14(23)8-17-2)9-13(11)21(3)16-12-4-6-18-15(12)19-10-20-16/h4,6,10-11,13H,5,7-9H2,1,3H3,(H,18,19,20)/t11-,13+/m1/s1/i1D3,4D,8D2,9D2,10D,11D,13D. The number of likely N-dealkylation sites (tertiary alicyclic amines) is 1. The first-order chi connectivity index (χ1) is 15.4. The van der Waals surface area contributed by atoms with Crippen molar-refractivity contribution in [3.05, 3.63) is 30.0 Å². The van der Waals surface area contributed by atoms with Gasteiger partial charge in [-0.2, -0.15) is 0 Å². The molecule has 1 aliphatic heterocycles. The fourth-order valence-electron chi connectivity index (χ4n) is 2.23. The second-order valence-electron chi connectivity index (χ2n) is 4.73. The van der Waals surface area contributed by atoms with Crippen LogP contribution in [-0.2, 0) is 4.79 Å². The zero-order chi connectivity index (χ0) is 26.1. The number of rotatable bonds is 3. The predicted molar refractivity (Wildman–Crippen MR) is 87.9 cm³/mol. The molecule has 120 valence electrons. The molecule has 0 spiro atoms. The van der Waals surface area contributed by atoms with Gasteiger partial charge in [0.2, 0.25) is 0 Å². The number of likely N-dealkylation sites (N-methyl/N-ethyl adjacent to an activating group) is 1. The summed E-state index contributed by atoms with van der Waals surface area (Å²) in [5, 5.41) is -0.0752. The van der Waals surface area contributed by atoms with E-state index in [1.165, 1.54) is 6.20 Å². The monoisotopic (exact) mass is 323 g/mol. The molecular weight excluding hydrogens is 292 g/mol. The number of nitrogens with zero attached hydrogens (tertiary/aromatic N) is 5. The maximum absolute atomic E-state index is 12.8. The van der Waals surface area contributed by atoms with Gasteiger partial charge < -0.3 is 19.6 Å². The molecule has 3 heterocycles. The largest absolute Gasteiger partial charge is 0.354 e. The lowest BCUT2D eigenvalue weighted by molar-refractivity contribution is -0.130. The summed E-state index contributed by atoms with van der Waals surface area (Å²) in [7, 11) is 1.05. The number of aromatic amines is 1.